The molecule has 2 unspecified atom stereocenters. The Morgan fingerprint density at radius 2 is 2.22 bits per heavy atom. The fourth-order valence-electron chi connectivity index (χ4n) is 3.19. The molecule has 27 heavy (non-hydrogen) atoms. The molecule has 6 nitrogen and oxygen atoms in total. The van der Waals surface area contributed by atoms with Crippen LogP contribution in [-0.4, -0.2) is 36.2 Å². The standard InChI is InChI=1S/C19H25Cl2N3O3/c1-5-17(25)22-19-14-7-6-12(8-15(14)23-24-19)11(2)18(21)16(27-4)9-13(10-20)26-3/h5,9,11-12H,1,6-8,10H2,2-4H3,(H2,22,23,24,25)/b13-9+,18-16-. The first kappa shape index (κ1) is 21.4. The van der Waals surface area contributed by atoms with Crippen molar-refractivity contribution in [2.24, 2.45) is 11.8 Å². The monoisotopic (exact) mass is 413 g/mol. The average Bonchev–Trinajstić information content (AvgIpc) is 3.09. The molecule has 0 radical (unpaired) electrons. The fraction of sp³-hybridized carbons (Fsp3) is 0.474. The number of nitrogens with one attached hydrogen (secondary N) is 2. The van der Waals surface area contributed by atoms with Crippen molar-refractivity contribution in [3.8, 4) is 0 Å². The maximum Gasteiger partial charge on any atom is 0.248 e. The molecule has 148 valence electrons. The molecular formula is C19H25Cl2N3O3. The van der Waals surface area contributed by atoms with Crippen molar-refractivity contribution in [2.45, 2.75) is 26.2 Å². The van der Waals surface area contributed by atoms with E-state index in [0.29, 0.717) is 28.3 Å². The van der Waals surface area contributed by atoms with Crippen LogP contribution in [0.1, 0.15) is 24.6 Å². The fourth-order valence-corrected chi connectivity index (χ4v) is 3.68. The van der Waals surface area contributed by atoms with E-state index in [1.165, 1.54) is 6.08 Å². The number of carbonyl (C=O) groups excluding carboxylic acids is 1. The zero-order chi connectivity index (χ0) is 20.0. The summed E-state index contributed by atoms with van der Waals surface area (Å²) in [7, 11) is 3.13. The highest BCUT2D eigenvalue weighted by Crippen LogP contribution is 2.37. The molecule has 2 atom stereocenters. The van der Waals surface area contributed by atoms with Crippen molar-refractivity contribution in [3.63, 3.8) is 0 Å². The lowest BCUT2D eigenvalue weighted by atomic mass is 9.79. The lowest BCUT2D eigenvalue weighted by Gasteiger charge is -2.28. The number of allylic oxidation sites excluding steroid dienone is 3. The third-order valence-corrected chi connectivity index (χ3v) is 5.65. The second-order valence-electron chi connectivity index (χ2n) is 6.38. The van der Waals surface area contributed by atoms with Crippen LogP contribution < -0.4 is 5.32 Å². The predicted octanol–water partition coefficient (Wildman–Crippen LogP) is 4.14. The summed E-state index contributed by atoms with van der Waals surface area (Å²) in [6.45, 7) is 5.54. The van der Waals surface area contributed by atoms with Crippen molar-refractivity contribution in [3.05, 3.63) is 46.5 Å². The molecule has 1 amide bonds. The first-order chi connectivity index (χ1) is 12.9. The van der Waals surface area contributed by atoms with Crippen LogP contribution in [0.5, 0.6) is 0 Å². The predicted molar refractivity (Wildman–Crippen MR) is 108 cm³/mol. The van der Waals surface area contributed by atoms with Crippen molar-refractivity contribution < 1.29 is 14.3 Å². The first-order valence-corrected chi connectivity index (χ1v) is 9.60. The molecule has 1 aromatic rings. The molecule has 0 fully saturated rings. The van der Waals surface area contributed by atoms with E-state index in [2.05, 4.69) is 29.0 Å². The Morgan fingerprint density at radius 1 is 1.48 bits per heavy atom. The Kier molecular flexibility index (Phi) is 7.80. The van der Waals surface area contributed by atoms with Gasteiger partial charge in [0.2, 0.25) is 5.91 Å². The molecule has 8 heteroatoms. The van der Waals surface area contributed by atoms with Gasteiger partial charge in [0.25, 0.3) is 0 Å². The maximum absolute atomic E-state index is 11.5. The number of methoxy groups -OCH3 is 2. The number of anilines is 1. The summed E-state index contributed by atoms with van der Waals surface area (Å²) >= 11 is 12.5. The van der Waals surface area contributed by atoms with Crippen molar-refractivity contribution in [2.75, 3.05) is 25.4 Å². The molecule has 1 aromatic heterocycles. The summed E-state index contributed by atoms with van der Waals surface area (Å²) in [5.41, 5.74) is 2.07. The van der Waals surface area contributed by atoms with E-state index in [-0.39, 0.29) is 17.7 Å². The third kappa shape index (κ3) is 5.08. The van der Waals surface area contributed by atoms with E-state index in [4.69, 9.17) is 32.7 Å². The number of ether oxygens (including phenoxy) is 2. The lowest BCUT2D eigenvalue weighted by Crippen LogP contribution is -2.22. The first-order valence-electron chi connectivity index (χ1n) is 8.68. The van der Waals surface area contributed by atoms with Crippen LogP contribution in [0.2, 0.25) is 0 Å². The van der Waals surface area contributed by atoms with E-state index >= 15 is 0 Å². The van der Waals surface area contributed by atoms with Gasteiger partial charge in [-0.05, 0) is 37.2 Å². The van der Waals surface area contributed by atoms with E-state index in [1.54, 1.807) is 20.3 Å². The smallest absolute Gasteiger partial charge is 0.248 e. The quantitative estimate of drug-likeness (QED) is 0.290. The van der Waals surface area contributed by atoms with Crippen LogP contribution in [0.25, 0.3) is 0 Å². The summed E-state index contributed by atoms with van der Waals surface area (Å²) in [6, 6.07) is 0. The Morgan fingerprint density at radius 3 is 2.81 bits per heavy atom. The number of alkyl halides is 1. The maximum atomic E-state index is 11.5. The minimum atomic E-state index is -0.268. The summed E-state index contributed by atoms with van der Waals surface area (Å²) in [5.74, 6) is 2.08. The highest BCUT2D eigenvalue weighted by Gasteiger charge is 2.30. The van der Waals surface area contributed by atoms with E-state index in [0.717, 1.165) is 30.5 Å². The van der Waals surface area contributed by atoms with E-state index < -0.39 is 0 Å². The molecule has 0 saturated carbocycles. The van der Waals surface area contributed by atoms with Crippen LogP contribution in [-0.2, 0) is 27.1 Å². The molecule has 1 heterocycles. The van der Waals surface area contributed by atoms with Gasteiger partial charge in [0.15, 0.2) is 5.82 Å². The number of aromatic amines is 1. The number of amides is 1. The number of H-pyrrole nitrogens is 1. The molecular weight excluding hydrogens is 389 g/mol. The van der Waals surface area contributed by atoms with Gasteiger partial charge in [-0.3, -0.25) is 9.89 Å². The SMILES string of the molecule is C=CC(=O)Nc1n[nH]c2c1CCC(C(C)/C(Cl)=C(\C=C(/CCl)OC)OC)C2. The molecule has 1 aliphatic rings. The number of aromatic nitrogens is 2. The van der Waals surface area contributed by atoms with Crippen LogP contribution in [0, 0.1) is 11.8 Å². The lowest BCUT2D eigenvalue weighted by molar-refractivity contribution is -0.111. The van der Waals surface area contributed by atoms with E-state index in [9.17, 15) is 4.79 Å². The van der Waals surface area contributed by atoms with Crippen LogP contribution in [0.15, 0.2) is 35.3 Å². The van der Waals surface area contributed by atoms with Gasteiger partial charge in [-0.2, -0.15) is 5.10 Å². The van der Waals surface area contributed by atoms with E-state index in [1.807, 2.05) is 0 Å². The Bertz CT molecular complexity index is 749. The zero-order valence-electron chi connectivity index (χ0n) is 15.8. The largest absolute Gasteiger partial charge is 0.500 e. The number of carbonyl (C=O) groups is 1. The number of hydrogen-bond donors (Lipinski definition) is 2. The van der Waals surface area contributed by atoms with Gasteiger partial charge in [-0.1, -0.05) is 25.1 Å². The van der Waals surface area contributed by atoms with Crippen molar-refractivity contribution in [1.82, 2.24) is 10.2 Å². The van der Waals surface area contributed by atoms with Crippen LogP contribution in [0.4, 0.5) is 5.82 Å². The zero-order valence-corrected chi connectivity index (χ0v) is 17.3. The van der Waals surface area contributed by atoms with Gasteiger partial charge in [0.05, 0.1) is 25.1 Å². The van der Waals surface area contributed by atoms with Gasteiger partial charge >= 0.3 is 0 Å². The Labute approximate surface area is 169 Å². The highest BCUT2D eigenvalue weighted by molar-refractivity contribution is 6.30. The second-order valence-corrected chi connectivity index (χ2v) is 7.05. The van der Waals surface area contributed by atoms with Gasteiger partial charge in [0.1, 0.15) is 11.5 Å². The molecule has 0 aliphatic heterocycles. The van der Waals surface area contributed by atoms with Crippen molar-refractivity contribution >= 4 is 34.9 Å². The Balaban J connectivity index is 2.18. The molecule has 0 bridgehead atoms. The minimum Gasteiger partial charge on any atom is -0.500 e. The number of halogens is 2. The normalized spacial score (nSPS) is 18.9. The molecule has 0 aromatic carbocycles. The third-order valence-electron chi connectivity index (χ3n) is 4.86. The Hall–Kier alpha value is -1.92. The summed E-state index contributed by atoms with van der Waals surface area (Å²) in [6.07, 6.45) is 5.47. The summed E-state index contributed by atoms with van der Waals surface area (Å²) in [5, 5.41) is 10.6. The number of nitrogens with zero attached hydrogens (tertiary/aromatic N) is 1. The molecule has 0 saturated heterocycles. The molecule has 2 rings (SSSR count). The summed E-state index contributed by atoms with van der Waals surface area (Å²) < 4.78 is 10.6. The molecule has 2 N–H and O–H groups in total. The number of fused-ring (bicyclic) bond motifs is 1. The highest BCUT2D eigenvalue weighted by atomic mass is 35.5. The second kappa shape index (κ2) is 9.85. The van der Waals surface area contributed by atoms with Crippen LogP contribution in [0.3, 0.4) is 0 Å². The molecule has 1 aliphatic carbocycles. The molecule has 0 spiro atoms. The topological polar surface area (TPSA) is 76.2 Å². The van der Waals surface area contributed by atoms with Crippen molar-refractivity contribution in [1.29, 1.82) is 0 Å². The van der Waals surface area contributed by atoms with Gasteiger partial charge < -0.3 is 14.8 Å². The van der Waals surface area contributed by atoms with Gasteiger partial charge in [-0.25, -0.2) is 0 Å². The summed E-state index contributed by atoms with van der Waals surface area (Å²) in [4.78, 5) is 11.5. The minimum absolute atomic E-state index is 0.0777. The number of rotatable bonds is 8. The average molecular weight is 414 g/mol. The van der Waals surface area contributed by atoms with Gasteiger partial charge in [-0.15, -0.1) is 11.6 Å². The van der Waals surface area contributed by atoms with Gasteiger partial charge in [0, 0.05) is 17.3 Å². The van der Waals surface area contributed by atoms with Crippen LogP contribution >= 0.6 is 23.2 Å². The number of hydrogen-bond acceptors (Lipinski definition) is 4.